The predicted octanol–water partition coefficient (Wildman–Crippen LogP) is 2.77. The second kappa shape index (κ2) is 5.58. The molecular weight excluding hydrogens is 270 g/mol. The molecule has 0 aliphatic carbocycles. The van der Waals surface area contributed by atoms with Gasteiger partial charge in [0.05, 0.1) is 24.3 Å². The number of nitrogens with two attached hydrogens (primary N) is 1. The highest BCUT2D eigenvalue weighted by Crippen LogP contribution is 2.23. The third-order valence-corrected chi connectivity index (χ3v) is 4.78. The molecule has 1 unspecified atom stereocenters. The Kier molecular flexibility index (Phi) is 3.43. The Hall–Kier alpha value is -2.13. The van der Waals surface area contributed by atoms with Gasteiger partial charge in [-0.1, -0.05) is 30.3 Å². The number of quaternary nitrogens is 1. The number of aryl methyl sites for hydroxylation is 1. The van der Waals surface area contributed by atoms with Gasteiger partial charge in [0.2, 0.25) is 0 Å². The van der Waals surface area contributed by atoms with Gasteiger partial charge in [-0.3, -0.25) is 0 Å². The lowest BCUT2D eigenvalue weighted by Crippen LogP contribution is -2.86. The quantitative estimate of drug-likeness (QED) is 0.774. The van der Waals surface area contributed by atoms with E-state index in [1.165, 1.54) is 42.4 Å². The van der Waals surface area contributed by atoms with Gasteiger partial charge in [-0.25, -0.2) is 4.68 Å². The fourth-order valence-electron chi connectivity index (χ4n) is 3.47. The van der Waals surface area contributed by atoms with E-state index in [1.54, 1.807) is 0 Å². The number of benzene rings is 2. The van der Waals surface area contributed by atoms with Crippen molar-refractivity contribution in [1.29, 1.82) is 0 Å². The van der Waals surface area contributed by atoms with E-state index >= 15 is 0 Å². The summed E-state index contributed by atoms with van der Waals surface area (Å²) < 4.78 is 1.99. The predicted molar refractivity (Wildman–Crippen MR) is 89.4 cm³/mol. The highest BCUT2D eigenvalue weighted by atomic mass is 15.3. The van der Waals surface area contributed by atoms with Crippen molar-refractivity contribution < 1.29 is 5.32 Å². The van der Waals surface area contributed by atoms with Crippen molar-refractivity contribution in [3.05, 3.63) is 59.8 Å². The molecule has 3 heteroatoms. The number of hydrogen-bond acceptors (Lipinski definition) is 1. The van der Waals surface area contributed by atoms with Crippen LogP contribution in [0.25, 0.3) is 16.6 Å². The summed E-state index contributed by atoms with van der Waals surface area (Å²) in [6.45, 7) is 4.63. The zero-order valence-corrected chi connectivity index (χ0v) is 13.0. The van der Waals surface area contributed by atoms with Crippen LogP contribution in [0.5, 0.6) is 0 Å². The number of nitrogens with zero attached hydrogens (tertiary/aromatic N) is 2. The normalized spacial score (nSPS) is 18.7. The summed E-state index contributed by atoms with van der Waals surface area (Å²) in [4.78, 5) is 0. The Labute approximate surface area is 131 Å². The van der Waals surface area contributed by atoms with Crippen LogP contribution in [0, 0.1) is 6.92 Å². The van der Waals surface area contributed by atoms with Crippen LogP contribution in [0.1, 0.15) is 29.9 Å². The van der Waals surface area contributed by atoms with Crippen LogP contribution in [0.3, 0.4) is 0 Å². The van der Waals surface area contributed by atoms with Crippen molar-refractivity contribution in [1.82, 2.24) is 9.78 Å². The molecule has 0 radical (unpaired) electrons. The molecule has 3 aromatic rings. The average molecular weight is 292 g/mol. The van der Waals surface area contributed by atoms with Crippen LogP contribution in [0.4, 0.5) is 0 Å². The molecule has 2 aromatic carbocycles. The van der Waals surface area contributed by atoms with E-state index in [1.807, 2.05) is 4.68 Å². The van der Waals surface area contributed by atoms with E-state index in [9.17, 15) is 0 Å². The van der Waals surface area contributed by atoms with Crippen molar-refractivity contribution in [2.45, 2.75) is 25.7 Å². The van der Waals surface area contributed by atoms with Crippen molar-refractivity contribution in [2.75, 3.05) is 13.1 Å². The summed E-state index contributed by atoms with van der Waals surface area (Å²) in [6.07, 6.45) is 4.77. The van der Waals surface area contributed by atoms with Gasteiger partial charge in [0.25, 0.3) is 0 Å². The minimum absolute atomic E-state index is 0.710. The van der Waals surface area contributed by atoms with Crippen molar-refractivity contribution in [2.24, 2.45) is 0 Å². The summed E-state index contributed by atoms with van der Waals surface area (Å²) in [7, 11) is 0. The molecule has 0 amide bonds. The van der Waals surface area contributed by atoms with Crippen molar-refractivity contribution in [3.63, 3.8) is 0 Å². The molecule has 1 aromatic heterocycles. The summed E-state index contributed by atoms with van der Waals surface area (Å²) in [5, 5.41) is 8.37. The molecule has 1 aliphatic rings. The molecule has 1 aliphatic heterocycles. The van der Waals surface area contributed by atoms with E-state index in [-0.39, 0.29) is 0 Å². The van der Waals surface area contributed by atoms with E-state index in [2.05, 4.69) is 60.9 Å². The summed E-state index contributed by atoms with van der Waals surface area (Å²) in [5.41, 5.74) is 4.92. The second-order valence-corrected chi connectivity index (χ2v) is 6.33. The minimum atomic E-state index is 0.710. The maximum absolute atomic E-state index is 4.74. The van der Waals surface area contributed by atoms with Gasteiger partial charge >= 0.3 is 0 Å². The van der Waals surface area contributed by atoms with E-state index in [0.717, 1.165) is 11.2 Å². The van der Waals surface area contributed by atoms with Gasteiger partial charge in [0.15, 0.2) is 0 Å². The number of hydrogen-bond donors (Lipinski definition) is 1. The zero-order valence-electron chi connectivity index (χ0n) is 13.0. The van der Waals surface area contributed by atoms with Gasteiger partial charge in [-0.05, 0) is 43.0 Å². The number of piperidine rings is 1. The lowest BCUT2D eigenvalue weighted by atomic mass is 9.92. The Balaban J connectivity index is 1.65. The zero-order chi connectivity index (χ0) is 14.9. The van der Waals surface area contributed by atoms with E-state index < -0.39 is 0 Å². The smallest absolute Gasteiger partial charge is 0.0956 e. The maximum atomic E-state index is 4.74. The SMILES string of the molecule is Cc1cccc2cn(-c3ccc(C4CCC[NH2+]C4)cc3)nc12. The highest BCUT2D eigenvalue weighted by Gasteiger charge is 2.17. The molecule has 22 heavy (non-hydrogen) atoms. The van der Waals surface area contributed by atoms with Gasteiger partial charge in [0.1, 0.15) is 0 Å². The summed E-state index contributed by atoms with van der Waals surface area (Å²) >= 11 is 0. The minimum Gasteiger partial charge on any atom is -0.346 e. The lowest BCUT2D eigenvalue weighted by molar-refractivity contribution is -0.664. The van der Waals surface area contributed by atoms with Crippen LogP contribution < -0.4 is 5.32 Å². The van der Waals surface area contributed by atoms with E-state index in [0.29, 0.717) is 5.92 Å². The third-order valence-electron chi connectivity index (χ3n) is 4.78. The van der Waals surface area contributed by atoms with Gasteiger partial charge in [-0.15, -0.1) is 0 Å². The molecule has 0 saturated carbocycles. The molecule has 3 nitrogen and oxygen atoms in total. The maximum Gasteiger partial charge on any atom is 0.0956 e. The Morgan fingerprint density at radius 1 is 1.14 bits per heavy atom. The number of fused-ring (bicyclic) bond motifs is 1. The molecule has 0 bridgehead atoms. The summed E-state index contributed by atoms with van der Waals surface area (Å²) in [5.74, 6) is 0.710. The first-order valence-electron chi connectivity index (χ1n) is 8.18. The Morgan fingerprint density at radius 3 is 2.73 bits per heavy atom. The molecule has 112 valence electrons. The lowest BCUT2D eigenvalue weighted by Gasteiger charge is -2.20. The topological polar surface area (TPSA) is 34.4 Å². The van der Waals surface area contributed by atoms with Crippen molar-refractivity contribution >= 4 is 10.9 Å². The number of rotatable bonds is 2. The summed E-state index contributed by atoms with van der Waals surface area (Å²) in [6, 6.07) is 15.3. The first-order valence-corrected chi connectivity index (χ1v) is 8.18. The average Bonchev–Trinajstić information content (AvgIpc) is 3.02. The largest absolute Gasteiger partial charge is 0.346 e. The Bertz CT molecular complexity index is 780. The fourth-order valence-corrected chi connectivity index (χ4v) is 3.47. The third kappa shape index (κ3) is 2.42. The molecular formula is C19H22N3+. The molecule has 4 rings (SSSR count). The van der Waals surface area contributed by atoms with Gasteiger partial charge < -0.3 is 5.32 Å². The van der Waals surface area contributed by atoms with Crippen molar-refractivity contribution in [3.8, 4) is 5.69 Å². The van der Waals surface area contributed by atoms with Crippen LogP contribution in [-0.4, -0.2) is 22.9 Å². The standard InChI is InChI=1S/C19H21N3/c1-14-4-2-5-17-13-22(21-19(14)17)18-9-7-15(8-10-18)16-6-3-11-20-12-16/h2,4-5,7-10,13,16,20H,3,6,11-12H2,1H3/p+1. The van der Waals surface area contributed by atoms with Gasteiger partial charge in [-0.2, -0.15) is 5.10 Å². The fraction of sp³-hybridized carbons (Fsp3) is 0.316. The first-order chi connectivity index (χ1) is 10.8. The molecule has 1 atom stereocenters. The molecule has 2 heterocycles. The monoisotopic (exact) mass is 292 g/mol. The Morgan fingerprint density at radius 2 is 2.00 bits per heavy atom. The van der Waals surface area contributed by atoms with Crippen LogP contribution in [0.2, 0.25) is 0 Å². The molecule has 1 fully saturated rings. The highest BCUT2D eigenvalue weighted by molar-refractivity contribution is 5.81. The van der Waals surface area contributed by atoms with Crippen LogP contribution in [-0.2, 0) is 0 Å². The van der Waals surface area contributed by atoms with E-state index in [4.69, 9.17) is 5.10 Å². The van der Waals surface area contributed by atoms with Crippen LogP contribution in [0.15, 0.2) is 48.7 Å². The molecule has 2 N–H and O–H groups in total. The number of aromatic nitrogens is 2. The molecule has 0 spiro atoms. The van der Waals surface area contributed by atoms with Crippen LogP contribution >= 0.6 is 0 Å². The second-order valence-electron chi connectivity index (χ2n) is 6.33. The molecule has 1 saturated heterocycles. The first kappa shape index (κ1) is 13.5. The van der Waals surface area contributed by atoms with Gasteiger partial charge in [0, 0.05) is 17.5 Å².